The summed E-state index contributed by atoms with van der Waals surface area (Å²) in [5, 5.41) is 15.0. The molecule has 0 aliphatic carbocycles. The minimum Gasteiger partial charge on any atom is -0.266 e. The van der Waals surface area contributed by atoms with Crippen LogP contribution in [0.4, 0.5) is 5.69 Å². The molecule has 2 aromatic heterocycles. The lowest BCUT2D eigenvalue weighted by atomic mass is 10.2. The lowest BCUT2D eigenvalue weighted by molar-refractivity contribution is -0.384. The third-order valence-electron chi connectivity index (χ3n) is 3.70. The molecule has 7 nitrogen and oxygen atoms in total. The fourth-order valence-corrected chi connectivity index (χ4v) is 3.80. The highest BCUT2D eigenvalue weighted by atomic mass is 79.9. The number of hydrogen-bond acceptors (Lipinski definition) is 6. The number of nitro benzene ring substituents is 1. The van der Waals surface area contributed by atoms with Gasteiger partial charge in [-0.15, -0.1) is 5.10 Å². The molecule has 0 saturated carbocycles. The van der Waals surface area contributed by atoms with Gasteiger partial charge < -0.3 is 0 Å². The maximum Gasteiger partial charge on any atom is 0.291 e. The van der Waals surface area contributed by atoms with E-state index in [2.05, 4.69) is 26.0 Å². The van der Waals surface area contributed by atoms with Gasteiger partial charge in [0, 0.05) is 22.2 Å². The van der Waals surface area contributed by atoms with Gasteiger partial charge in [-0.2, -0.15) is 9.50 Å². The zero-order chi connectivity index (χ0) is 18.3. The maximum atomic E-state index is 12.6. The molecule has 2 heterocycles. The van der Waals surface area contributed by atoms with E-state index in [0.717, 1.165) is 10.0 Å². The van der Waals surface area contributed by atoms with Crippen LogP contribution in [0.3, 0.4) is 0 Å². The van der Waals surface area contributed by atoms with Gasteiger partial charge in [0.1, 0.15) is 0 Å². The van der Waals surface area contributed by atoms with E-state index in [1.807, 2.05) is 24.3 Å². The van der Waals surface area contributed by atoms with Gasteiger partial charge in [0.25, 0.3) is 11.2 Å². The van der Waals surface area contributed by atoms with Crippen LogP contribution < -0.4 is 10.1 Å². The number of non-ortho nitro benzene ring substituents is 1. The van der Waals surface area contributed by atoms with E-state index in [1.54, 1.807) is 18.2 Å². The van der Waals surface area contributed by atoms with Gasteiger partial charge in [-0.25, -0.2) is 0 Å². The minimum absolute atomic E-state index is 0.00484. The largest absolute Gasteiger partial charge is 0.291 e. The highest BCUT2D eigenvalue weighted by molar-refractivity contribution is 9.10. The molecule has 4 rings (SSSR count). The van der Waals surface area contributed by atoms with Crippen molar-refractivity contribution in [3.8, 4) is 11.4 Å². The number of benzene rings is 2. The Morgan fingerprint density at radius 3 is 2.54 bits per heavy atom. The Labute approximate surface area is 158 Å². The van der Waals surface area contributed by atoms with Crippen molar-refractivity contribution in [2.45, 2.75) is 0 Å². The molecule has 0 bridgehead atoms. The maximum absolute atomic E-state index is 12.6. The van der Waals surface area contributed by atoms with Crippen LogP contribution in [-0.2, 0) is 0 Å². The Kier molecular flexibility index (Phi) is 4.09. The number of halogens is 1. The van der Waals surface area contributed by atoms with Crippen LogP contribution in [0.15, 0.2) is 57.8 Å². The molecule has 2 aromatic carbocycles. The number of nitrogens with zero attached hydrogens (tertiary/aromatic N) is 4. The first-order valence-corrected chi connectivity index (χ1v) is 9.04. The molecule has 26 heavy (non-hydrogen) atoms. The van der Waals surface area contributed by atoms with Crippen molar-refractivity contribution in [3.05, 3.63) is 83.6 Å². The minimum atomic E-state index is -0.463. The quantitative estimate of drug-likeness (QED) is 0.369. The van der Waals surface area contributed by atoms with Gasteiger partial charge in [-0.05, 0) is 35.9 Å². The first-order chi connectivity index (χ1) is 12.5. The Morgan fingerprint density at radius 2 is 1.88 bits per heavy atom. The van der Waals surface area contributed by atoms with Crippen molar-refractivity contribution in [1.82, 2.24) is 14.6 Å². The van der Waals surface area contributed by atoms with Gasteiger partial charge >= 0.3 is 0 Å². The summed E-state index contributed by atoms with van der Waals surface area (Å²) in [7, 11) is 0. The van der Waals surface area contributed by atoms with E-state index >= 15 is 0 Å². The molecule has 128 valence electrons. The number of nitro groups is 1. The van der Waals surface area contributed by atoms with Crippen LogP contribution in [0.5, 0.6) is 0 Å². The zero-order valence-corrected chi connectivity index (χ0v) is 15.4. The molecule has 0 fully saturated rings. The monoisotopic (exact) mass is 428 g/mol. The Hall–Kier alpha value is -2.91. The Morgan fingerprint density at radius 1 is 1.15 bits per heavy atom. The van der Waals surface area contributed by atoms with Crippen LogP contribution in [0, 0.1) is 10.1 Å². The normalized spacial score (nSPS) is 12.0. The average Bonchev–Trinajstić information content (AvgIpc) is 3.16. The van der Waals surface area contributed by atoms with E-state index in [1.165, 1.54) is 28.0 Å². The number of rotatable bonds is 3. The molecular formula is C17H9BrN4O3S. The highest BCUT2D eigenvalue weighted by Crippen LogP contribution is 2.25. The van der Waals surface area contributed by atoms with Crippen molar-refractivity contribution in [3.63, 3.8) is 0 Å². The molecule has 4 aromatic rings. The van der Waals surface area contributed by atoms with Crippen LogP contribution >= 0.6 is 27.3 Å². The van der Waals surface area contributed by atoms with E-state index in [0.29, 0.717) is 20.9 Å². The fraction of sp³-hybridized carbons (Fsp3) is 0. The van der Waals surface area contributed by atoms with Crippen LogP contribution in [0.1, 0.15) is 5.56 Å². The van der Waals surface area contributed by atoms with E-state index < -0.39 is 4.92 Å². The summed E-state index contributed by atoms with van der Waals surface area (Å²) in [4.78, 5) is 27.7. The van der Waals surface area contributed by atoms with Crippen LogP contribution in [0.2, 0.25) is 0 Å². The summed E-state index contributed by atoms with van der Waals surface area (Å²) < 4.78 is 2.59. The molecule has 0 atom stereocenters. The van der Waals surface area contributed by atoms with Crippen molar-refractivity contribution in [2.24, 2.45) is 0 Å². The summed E-state index contributed by atoms with van der Waals surface area (Å²) in [6.07, 6.45) is 1.67. The Balaban J connectivity index is 1.77. The van der Waals surface area contributed by atoms with E-state index in [-0.39, 0.29) is 11.2 Å². The van der Waals surface area contributed by atoms with Crippen LogP contribution in [0.25, 0.3) is 22.4 Å². The molecule has 0 amide bonds. The second-order valence-electron chi connectivity index (χ2n) is 5.37. The molecule has 0 unspecified atom stereocenters. The predicted octanol–water partition coefficient (Wildman–Crippen LogP) is 3.04. The molecule has 0 spiro atoms. The van der Waals surface area contributed by atoms with Crippen molar-refractivity contribution >= 4 is 44.0 Å². The average molecular weight is 429 g/mol. The van der Waals surface area contributed by atoms with Crippen molar-refractivity contribution in [1.29, 1.82) is 0 Å². The Bertz CT molecular complexity index is 1250. The van der Waals surface area contributed by atoms with E-state index in [9.17, 15) is 14.9 Å². The zero-order valence-electron chi connectivity index (χ0n) is 13.0. The second-order valence-corrected chi connectivity index (χ2v) is 7.24. The highest BCUT2D eigenvalue weighted by Gasteiger charge is 2.13. The molecular weight excluding hydrogens is 420 g/mol. The lowest BCUT2D eigenvalue weighted by Gasteiger charge is -1.97. The third-order valence-corrected chi connectivity index (χ3v) is 5.35. The van der Waals surface area contributed by atoms with Gasteiger partial charge in [-0.3, -0.25) is 14.9 Å². The van der Waals surface area contributed by atoms with E-state index in [4.69, 9.17) is 0 Å². The van der Waals surface area contributed by atoms with Crippen molar-refractivity contribution < 1.29 is 4.92 Å². The van der Waals surface area contributed by atoms with Gasteiger partial charge in [0.2, 0.25) is 4.96 Å². The summed E-state index contributed by atoms with van der Waals surface area (Å²) in [6.45, 7) is 0. The number of aromatic nitrogens is 3. The first kappa shape index (κ1) is 16.6. The molecule has 0 aliphatic rings. The standard InChI is InChI=1S/C17H9BrN4O3S/c18-13-4-2-1-3-12(13)15-19-17-21(20-15)16(23)14(26-17)9-10-5-7-11(8-6-10)22(24)25/h1-9H/b14-9+. The summed E-state index contributed by atoms with van der Waals surface area (Å²) in [5.41, 5.74) is 1.24. The number of hydrogen-bond donors (Lipinski definition) is 0. The second kappa shape index (κ2) is 6.43. The summed E-state index contributed by atoms with van der Waals surface area (Å²) in [5.74, 6) is 0.475. The molecule has 0 aliphatic heterocycles. The predicted molar refractivity (Wildman–Crippen MR) is 102 cm³/mol. The number of thiazole rings is 1. The van der Waals surface area contributed by atoms with Gasteiger partial charge in [0.15, 0.2) is 5.82 Å². The molecule has 9 heteroatoms. The van der Waals surface area contributed by atoms with Gasteiger partial charge in [0.05, 0.1) is 9.46 Å². The topological polar surface area (TPSA) is 90.4 Å². The fourth-order valence-electron chi connectivity index (χ4n) is 2.43. The van der Waals surface area contributed by atoms with Gasteiger partial charge in [-0.1, -0.05) is 39.4 Å². The molecule has 0 saturated heterocycles. The van der Waals surface area contributed by atoms with Crippen molar-refractivity contribution in [2.75, 3.05) is 0 Å². The van der Waals surface area contributed by atoms with Crippen LogP contribution in [-0.4, -0.2) is 19.5 Å². The smallest absolute Gasteiger partial charge is 0.266 e. The molecule has 0 radical (unpaired) electrons. The summed E-state index contributed by atoms with van der Waals surface area (Å²) in [6, 6.07) is 13.5. The first-order valence-electron chi connectivity index (χ1n) is 7.43. The molecule has 0 N–H and O–H groups in total. The third kappa shape index (κ3) is 2.91. The SMILES string of the molecule is O=c1/c(=C\c2ccc([N+](=O)[O-])cc2)sc2nc(-c3ccccc3Br)nn12. The summed E-state index contributed by atoms with van der Waals surface area (Å²) >= 11 is 4.68. The lowest BCUT2D eigenvalue weighted by Crippen LogP contribution is -2.23. The number of fused-ring (bicyclic) bond motifs is 1.